The van der Waals surface area contributed by atoms with E-state index in [2.05, 4.69) is 20.6 Å². The molecule has 3 aromatic rings. The van der Waals surface area contributed by atoms with Gasteiger partial charge in [-0.15, -0.1) is 0 Å². The summed E-state index contributed by atoms with van der Waals surface area (Å²) in [6.45, 7) is 3.83. The maximum atomic E-state index is 14.4. The number of hydrogen-bond acceptors (Lipinski definition) is 8. The van der Waals surface area contributed by atoms with Gasteiger partial charge >= 0.3 is 0 Å². The highest BCUT2D eigenvalue weighted by Crippen LogP contribution is 2.28. The molecule has 0 spiro atoms. The summed E-state index contributed by atoms with van der Waals surface area (Å²) < 4.78 is 19.4. The van der Waals surface area contributed by atoms with Crippen LogP contribution in [0.1, 0.15) is 31.4 Å². The van der Waals surface area contributed by atoms with Crippen molar-refractivity contribution < 1.29 is 13.9 Å². The van der Waals surface area contributed by atoms with Crippen molar-refractivity contribution in [2.45, 2.75) is 38.5 Å². The molecule has 9 nitrogen and oxygen atoms in total. The molecular weight excluding hydrogens is 533 g/mol. The first-order valence-corrected chi connectivity index (χ1v) is 13.0. The lowest BCUT2D eigenvalue weighted by atomic mass is 9.99. The van der Waals surface area contributed by atoms with Crippen LogP contribution < -0.4 is 26.0 Å². The summed E-state index contributed by atoms with van der Waals surface area (Å²) in [6, 6.07) is 12.9. The van der Waals surface area contributed by atoms with Crippen molar-refractivity contribution >= 4 is 41.0 Å². The van der Waals surface area contributed by atoms with Crippen LogP contribution in [0.3, 0.4) is 0 Å². The van der Waals surface area contributed by atoms with E-state index in [1.165, 1.54) is 25.6 Å². The summed E-state index contributed by atoms with van der Waals surface area (Å²) in [7, 11) is 1.37. The number of carbonyl (C=O) groups excluding carboxylic acids is 1. The Kier molecular flexibility index (Phi) is 9.13. The minimum atomic E-state index is -0.611. The number of benzene rings is 2. The number of rotatable bonds is 11. The third kappa shape index (κ3) is 6.13. The number of nitrogens with zero attached hydrogens (tertiary/aromatic N) is 3. The van der Waals surface area contributed by atoms with Gasteiger partial charge in [-0.1, -0.05) is 35.9 Å². The number of nitrogens with two attached hydrogens (primary N) is 1. The standard InChI is InChI=1S/C29H31ClFN7O2/c1-17-21(30)10-7-11-23(17)37-29(38(16-39)20-8-5-4-6-9-20)18(2)36-28-25(27(33)34-15-35-28)26(32)19-12-13-24(40-3)22(31)14-19/h4-10,12-16,18,23,29,32,37H,11H2,1-3H3,(H3,33,34,35,36). The first-order valence-electron chi connectivity index (χ1n) is 12.6. The number of aromatic nitrogens is 2. The number of anilines is 3. The van der Waals surface area contributed by atoms with Gasteiger partial charge in [0, 0.05) is 22.3 Å². The number of nitrogen functional groups attached to an aromatic ring is 1. The van der Waals surface area contributed by atoms with Crippen molar-refractivity contribution in [2.24, 2.45) is 0 Å². The molecule has 1 heterocycles. The number of ether oxygens (including phenoxy) is 1. The van der Waals surface area contributed by atoms with E-state index < -0.39 is 18.0 Å². The lowest BCUT2D eigenvalue weighted by molar-refractivity contribution is -0.108. The van der Waals surface area contributed by atoms with Gasteiger partial charge in [-0.25, -0.2) is 14.4 Å². The molecule has 11 heteroatoms. The van der Waals surface area contributed by atoms with E-state index >= 15 is 0 Å². The molecule has 0 saturated heterocycles. The number of hydrogen-bond donors (Lipinski definition) is 4. The Hall–Kier alpha value is -4.28. The van der Waals surface area contributed by atoms with Crippen molar-refractivity contribution in [1.29, 1.82) is 5.41 Å². The zero-order valence-corrected chi connectivity index (χ0v) is 23.1. The van der Waals surface area contributed by atoms with Gasteiger partial charge < -0.3 is 15.8 Å². The normalized spacial score (nSPS) is 16.3. The second kappa shape index (κ2) is 12.7. The van der Waals surface area contributed by atoms with Crippen molar-refractivity contribution in [2.75, 3.05) is 23.1 Å². The van der Waals surface area contributed by atoms with Crippen LogP contribution >= 0.6 is 11.6 Å². The van der Waals surface area contributed by atoms with E-state index in [4.69, 9.17) is 27.5 Å². The Morgan fingerprint density at radius 2 is 2.02 bits per heavy atom. The molecule has 4 rings (SSSR count). The third-order valence-corrected chi connectivity index (χ3v) is 7.20. The molecule has 40 heavy (non-hydrogen) atoms. The molecule has 0 radical (unpaired) electrons. The molecule has 0 fully saturated rings. The fraction of sp³-hybridized carbons (Fsp3) is 0.241. The van der Waals surface area contributed by atoms with E-state index in [1.54, 1.807) is 11.0 Å². The van der Waals surface area contributed by atoms with Gasteiger partial charge in [0.25, 0.3) is 0 Å². The number of halogens is 2. The van der Waals surface area contributed by atoms with Crippen LogP contribution in [-0.2, 0) is 4.79 Å². The van der Waals surface area contributed by atoms with E-state index in [1.807, 2.05) is 56.3 Å². The van der Waals surface area contributed by atoms with Gasteiger partial charge in [0.2, 0.25) is 6.41 Å². The summed E-state index contributed by atoms with van der Waals surface area (Å²) in [6.07, 6.45) is 6.00. The van der Waals surface area contributed by atoms with Crippen molar-refractivity contribution in [1.82, 2.24) is 15.3 Å². The maximum Gasteiger partial charge on any atom is 0.215 e. The third-order valence-electron chi connectivity index (χ3n) is 6.78. The number of carbonyl (C=O) groups is 1. The summed E-state index contributed by atoms with van der Waals surface area (Å²) in [5.74, 6) is -0.235. The highest BCUT2D eigenvalue weighted by atomic mass is 35.5. The molecule has 2 aromatic carbocycles. The van der Waals surface area contributed by atoms with E-state index in [0.717, 1.165) is 12.0 Å². The molecule has 0 saturated carbocycles. The first-order chi connectivity index (χ1) is 19.2. The molecule has 0 bridgehead atoms. The first kappa shape index (κ1) is 28.7. The predicted molar refractivity (Wildman–Crippen MR) is 156 cm³/mol. The van der Waals surface area contributed by atoms with E-state index in [9.17, 15) is 9.18 Å². The SMILES string of the molecule is COc1ccc(C(=N)c2c(N)ncnc2NC(C)C(NC2CC=CC(Cl)=C2C)N(C=O)c2ccccc2)cc1F. The second-order valence-corrected chi connectivity index (χ2v) is 9.73. The largest absolute Gasteiger partial charge is 0.494 e. The fourth-order valence-electron chi connectivity index (χ4n) is 4.55. The molecule has 208 valence electrons. The summed E-state index contributed by atoms with van der Waals surface area (Å²) in [5, 5.41) is 16.4. The highest BCUT2D eigenvalue weighted by Gasteiger charge is 2.30. The topological polar surface area (TPSA) is 129 Å². The monoisotopic (exact) mass is 563 g/mol. The average molecular weight is 564 g/mol. The van der Waals surface area contributed by atoms with Crippen LogP contribution in [0.4, 0.5) is 21.7 Å². The molecule has 0 aliphatic heterocycles. The quantitative estimate of drug-likeness (QED) is 0.149. The van der Waals surface area contributed by atoms with E-state index in [0.29, 0.717) is 17.1 Å². The minimum Gasteiger partial charge on any atom is -0.494 e. The molecule has 1 amide bonds. The molecule has 5 N–H and O–H groups in total. The van der Waals surface area contributed by atoms with E-state index in [-0.39, 0.29) is 40.3 Å². The Balaban J connectivity index is 1.70. The lowest BCUT2D eigenvalue weighted by Gasteiger charge is -2.38. The maximum absolute atomic E-state index is 14.4. The summed E-state index contributed by atoms with van der Waals surface area (Å²) >= 11 is 6.41. The number of nitrogens with one attached hydrogen (secondary N) is 3. The second-order valence-electron chi connectivity index (χ2n) is 9.32. The van der Waals surface area contributed by atoms with Gasteiger partial charge in [-0.3, -0.25) is 20.4 Å². The summed E-state index contributed by atoms with van der Waals surface area (Å²) in [4.78, 5) is 22.5. The van der Waals surface area contributed by atoms with Crippen molar-refractivity contribution in [3.8, 4) is 5.75 Å². The van der Waals surface area contributed by atoms with Crippen LogP contribution in [0.5, 0.6) is 5.75 Å². The van der Waals surface area contributed by atoms with Crippen LogP contribution in [-0.4, -0.2) is 47.4 Å². The van der Waals surface area contributed by atoms with Gasteiger partial charge in [-0.2, -0.15) is 0 Å². The van der Waals surface area contributed by atoms with Crippen molar-refractivity contribution in [3.63, 3.8) is 0 Å². The molecule has 3 unspecified atom stereocenters. The van der Waals surface area contributed by atoms with Crippen LogP contribution in [0.15, 0.2) is 77.6 Å². The zero-order chi connectivity index (χ0) is 28.8. The number of amides is 1. The Labute approximate surface area is 237 Å². The van der Waals surface area contributed by atoms with Gasteiger partial charge in [0.1, 0.15) is 24.1 Å². The van der Waals surface area contributed by atoms with Crippen LogP contribution in [0, 0.1) is 11.2 Å². The molecular formula is C29H31ClFN7O2. The number of allylic oxidation sites excluding steroid dienone is 2. The number of para-hydroxylation sites is 1. The fourth-order valence-corrected chi connectivity index (χ4v) is 4.77. The zero-order valence-electron chi connectivity index (χ0n) is 22.4. The highest BCUT2D eigenvalue weighted by molar-refractivity contribution is 6.31. The Bertz CT molecular complexity index is 1450. The molecule has 1 aromatic heterocycles. The van der Waals surface area contributed by atoms with Gasteiger partial charge in [0.15, 0.2) is 11.6 Å². The smallest absolute Gasteiger partial charge is 0.215 e. The van der Waals surface area contributed by atoms with Crippen LogP contribution in [0.2, 0.25) is 0 Å². The Morgan fingerprint density at radius 1 is 1.27 bits per heavy atom. The average Bonchev–Trinajstić information content (AvgIpc) is 2.95. The summed E-state index contributed by atoms with van der Waals surface area (Å²) in [5.41, 5.74) is 8.25. The lowest BCUT2D eigenvalue weighted by Crippen LogP contribution is -2.57. The molecule has 3 atom stereocenters. The minimum absolute atomic E-state index is 0.0497. The Morgan fingerprint density at radius 3 is 2.70 bits per heavy atom. The molecule has 1 aliphatic rings. The van der Waals surface area contributed by atoms with Crippen molar-refractivity contribution in [3.05, 3.63) is 94.6 Å². The van der Waals surface area contributed by atoms with Gasteiger partial charge in [-0.05, 0) is 62.2 Å². The van der Waals surface area contributed by atoms with Crippen LogP contribution in [0.25, 0.3) is 0 Å². The predicted octanol–water partition coefficient (Wildman–Crippen LogP) is 4.84. The molecule has 1 aliphatic carbocycles. The van der Waals surface area contributed by atoms with Gasteiger partial charge in [0.05, 0.1) is 24.4 Å². The number of methoxy groups -OCH3 is 1.